The summed E-state index contributed by atoms with van der Waals surface area (Å²) in [7, 11) is 0. The summed E-state index contributed by atoms with van der Waals surface area (Å²) < 4.78 is 0. The lowest BCUT2D eigenvalue weighted by Gasteiger charge is -1.94. The Morgan fingerprint density at radius 1 is 0.778 bits per heavy atom. The molecule has 9 heavy (non-hydrogen) atoms. The molecule has 50 valence electrons. The van der Waals surface area contributed by atoms with Gasteiger partial charge in [0.2, 0.25) is 0 Å². The smallest absolute Gasteiger partial charge is 0.129 e. The molecule has 0 spiro atoms. The summed E-state index contributed by atoms with van der Waals surface area (Å²) in [4.78, 5) is 12.0. The van der Waals surface area contributed by atoms with Crippen molar-refractivity contribution in [2.75, 3.05) is 0 Å². The molecule has 1 rings (SSSR count). The zero-order valence-corrected chi connectivity index (χ0v) is 5.84. The van der Waals surface area contributed by atoms with Gasteiger partial charge in [0.25, 0.3) is 0 Å². The summed E-state index contributed by atoms with van der Waals surface area (Å²) in [6.45, 7) is 5.59. The summed E-state index contributed by atoms with van der Waals surface area (Å²) in [5.41, 5.74) is 0. The zero-order valence-electron chi connectivity index (χ0n) is 5.84. The van der Waals surface area contributed by atoms with Gasteiger partial charge < -0.3 is 0 Å². The molecule has 1 aromatic rings. The van der Waals surface area contributed by atoms with Crippen molar-refractivity contribution in [3.8, 4) is 0 Å². The van der Waals surface area contributed by atoms with Crippen molar-refractivity contribution in [1.82, 2.24) is 15.0 Å². The van der Waals surface area contributed by atoms with E-state index in [-0.39, 0.29) is 1.43 Å². The Labute approximate surface area is 55.7 Å². The molecule has 0 fully saturated rings. The zero-order chi connectivity index (χ0) is 6.85. The van der Waals surface area contributed by atoms with Crippen LogP contribution in [0.15, 0.2) is 0 Å². The van der Waals surface area contributed by atoms with Crippen molar-refractivity contribution >= 4 is 0 Å². The minimum atomic E-state index is 0. The van der Waals surface area contributed by atoms with E-state index in [1.165, 1.54) is 0 Å². The van der Waals surface area contributed by atoms with Crippen LogP contribution in [-0.4, -0.2) is 15.0 Å². The molecule has 1 aromatic heterocycles. The first-order valence-electron chi connectivity index (χ1n) is 2.84. The third-order valence-corrected chi connectivity index (χ3v) is 0.971. The standard InChI is InChI=1S/C6H9N3.H2/c1-4-7-5(2)9-6(3)8-4;/h1-3H3;1H. The first-order valence-corrected chi connectivity index (χ1v) is 2.84. The maximum atomic E-state index is 4.01. The van der Waals surface area contributed by atoms with Crippen molar-refractivity contribution in [3.05, 3.63) is 17.5 Å². The summed E-state index contributed by atoms with van der Waals surface area (Å²) in [6, 6.07) is 0. The van der Waals surface area contributed by atoms with E-state index in [4.69, 9.17) is 0 Å². The molecular weight excluding hydrogens is 114 g/mol. The van der Waals surface area contributed by atoms with E-state index < -0.39 is 0 Å². The number of nitrogens with zero attached hydrogens (tertiary/aromatic N) is 3. The largest absolute Gasteiger partial charge is 0.219 e. The molecule has 0 saturated carbocycles. The van der Waals surface area contributed by atoms with E-state index in [1.54, 1.807) is 0 Å². The average Bonchev–Trinajstić information content (AvgIpc) is 1.59. The van der Waals surface area contributed by atoms with Gasteiger partial charge in [-0.2, -0.15) is 0 Å². The van der Waals surface area contributed by atoms with Crippen molar-refractivity contribution in [2.45, 2.75) is 20.8 Å². The van der Waals surface area contributed by atoms with Crippen molar-refractivity contribution in [3.63, 3.8) is 0 Å². The molecule has 1 heterocycles. The van der Waals surface area contributed by atoms with Gasteiger partial charge in [-0.3, -0.25) is 0 Å². The Bertz CT molecular complexity index is 174. The molecule has 0 atom stereocenters. The number of hydrogen-bond donors (Lipinski definition) is 0. The fourth-order valence-corrected chi connectivity index (χ4v) is 0.777. The van der Waals surface area contributed by atoms with Crippen LogP contribution in [0.2, 0.25) is 0 Å². The Morgan fingerprint density at radius 3 is 1.22 bits per heavy atom. The molecule has 0 radical (unpaired) electrons. The lowest BCUT2D eigenvalue weighted by atomic mass is 10.6. The number of hydrogen-bond acceptors (Lipinski definition) is 3. The van der Waals surface area contributed by atoms with Crippen LogP contribution in [0.4, 0.5) is 0 Å². The fraction of sp³-hybridized carbons (Fsp3) is 0.500. The van der Waals surface area contributed by atoms with E-state index in [2.05, 4.69) is 15.0 Å². The molecular formula is C6H11N3. The summed E-state index contributed by atoms with van der Waals surface area (Å²) in [5, 5.41) is 0. The Hall–Kier alpha value is -0.990. The minimum absolute atomic E-state index is 0. The first-order chi connectivity index (χ1) is 4.18. The van der Waals surface area contributed by atoms with E-state index in [0.717, 1.165) is 17.5 Å². The SMILES string of the molecule is Cc1nc(C)nc(C)n1.[HH]. The Morgan fingerprint density at radius 2 is 1.00 bits per heavy atom. The lowest BCUT2D eigenvalue weighted by molar-refractivity contribution is 0.875. The molecule has 0 bridgehead atoms. The van der Waals surface area contributed by atoms with Gasteiger partial charge in [0, 0.05) is 1.43 Å². The fourth-order valence-electron chi connectivity index (χ4n) is 0.777. The van der Waals surface area contributed by atoms with Crippen LogP contribution in [0.25, 0.3) is 0 Å². The second-order valence-electron chi connectivity index (χ2n) is 1.98. The van der Waals surface area contributed by atoms with Crippen molar-refractivity contribution in [1.29, 1.82) is 0 Å². The summed E-state index contributed by atoms with van der Waals surface area (Å²) in [6.07, 6.45) is 0. The van der Waals surface area contributed by atoms with Gasteiger partial charge in [-0.15, -0.1) is 0 Å². The number of rotatable bonds is 0. The topological polar surface area (TPSA) is 38.7 Å². The Balaban J connectivity index is 0.000000810. The molecule has 0 aromatic carbocycles. The average molecular weight is 125 g/mol. The molecule has 0 N–H and O–H groups in total. The van der Waals surface area contributed by atoms with Gasteiger partial charge in [-0.1, -0.05) is 0 Å². The quantitative estimate of drug-likeness (QED) is 0.520. The van der Waals surface area contributed by atoms with Crippen LogP contribution >= 0.6 is 0 Å². The van der Waals surface area contributed by atoms with Gasteiger partial charge in [0.05, 0.1) is 0 Å². The summed E-state index contributed by atoms with van der Waals surface area (Å²) in [5.74, 6) is 2.38. The van der Waals surface area contributed by atoms with Gasteiger partial charge in [-0.25, -0.2) is 15.0 Å². The lowest BCUT2D eigenvalue weighted by Crippen LogP contribution is -1.97. The van der Waals surface area contributed by atoms with Crippen LogP contribution in [0.5, 0.6) is 0 Å². The third-order valence-electron chi connectivity index (χ3n) is 0.971. The van der Waals surface area contributed by atoms with E-state index >= 15 is 0 Å². The maximum Gasteiger partial charge on any atom is 0.129 e. The van der Waals surface area contributed by atoms with Crippen molar-refractivity contribution < 1.29 is 1.43 Å². The normalized spacial score (nSPS) is 9.67. The molecule has 0 aliphatic heterocycles. The van der Waals surface area contributed by atoms with Crippen LogP contribution in [0.1, 0.15) is 18.9 Å². The van der Waals surface area contributed by atoms with Gasteiger partial charge in [-0.05, 0) is 20.8 Å². The number of aromatic nitrogens is 3. The number of aryl methyl sites for hydroxylation is 3. The van der Waals surface area contributed by atoms with Crippen LogP contribution in [0, 0.1) is 20.8 Å². The molecule has 0 saturated heterocycles. The maximum absolute atomic E-state index is 4.01. The highest BCUT2D eigenvalue weighted by atomic mass is 15.0. The van der Waals surface area contributed by atoms with Gasteiger partial charge in [0.1, 0.15) is 17.5 Å². The molecule has 3 nitrogen and oxygen atoms in total. The highest BCUT2D eigenvalue weighted by Crippen LogP contribution is 1.90. The molecule has 3 heteroatoms. The minimum Gasteiger partial charge on any atom is -0.219 e. The Kier molecular flexibility index (Phi) is 1.42. The van der Waals surface area contributed by atoms with Crippen molar-refractivity contribution in [2.24, 2.45) is 0 Å². The monoisotopic (exact) mass is 125 g/mol. The van der Waals surface area contributed by atoms with Crippen LogP contribution < -0.4 is 0 Å². The van der Waals surface area contributed by atoms with E-state index in [0.29, 0.717) is 0 Å². The molecule has 0 unspecified atom stereocenters. The highest BCUT2D eigenvalue weighted by molar-refractivity contribution is 4.91. The second-order valence-corrected chi connectivity index (χ2v) is 1.98. The van der Waals surface area contributed by atoms with Crippen LogP contribution in [0.3, 0.4) is 0 Å². The molecule has 0 aliphatic rings. The second kappa shape index (κ2) is 2.09. The van der Waals surface area contributed by atoms with E-state index in [9.17, 15) is 0 Å². The third kappa shape index (κ3) is 1.45. The van der Waals surface area contributed by atoms with Crippen LogP contribution in [-0.2, 0) is 0 Å². The predicted octanol–water partition coefficient (Wildman–Crippen LogP) is 1.04. The van der Waals surface area contributed by atoms with Gasteiger partial charge in [0.15, 0.2) is 0 Å². The van der Waals surface area contributed by atoms with E-state index in [1.807, 2.05) is 20.8 Å². The predicted molar refractivity (Wildman–Crippen MR) is 36.2 cm³/mol. The molecule has 0 amide bonds. The molecule has 0 aliphatic carbocycles. The summed E-state index contributed by atoms with van der Waals surface area (Å²) >= 11 is 0. The highest BCUT2D eigenvalue weighted by Gasteiger charge is 1.91. The first kappa shape index (κ1) is 6.13. The van der Waals surface area contributed by atoms with Gasteiger partial charge >= 0.3 is 0 Å².